The quantitative estimate of drug-likeness (QED) is 0.203. The molecular formula is C47H42N2O2. The molecule has 8 aromatic rings. The van der Waals surface area contributed by atoms with Gasteiger partial charge in [0, 0.05) is 22.7 Å². The van der Waals surface area contributed by atoms with E-state index in [1.807, 2.05) is 24.4 Å². The van der Waals surface area contributed by atoms with Crippen molar-refractivity contribution in [2.24, 2.45) is 0 Å². The highest BCUT2D eigenvalue weighted by Crippen LogP contribution is 2.43. The molecule has 0 fully saturated rings. The number of pyridine rings is 1. The van der Waals surface area contributed by atoms with Gasteiger partial charge >= 0.3 is 0 Å². The second kappa shape index (κ2) is 11.9. The third-order valence-corrected chi connectivity index (χ3v) is 10.1. The fourth-order valence-corrected chi connectivity index (χ4v) is 7.41. The van der Waals surface area contributed by atoms with E-state index in [-0.39, 0.29) is 16.6 Å². The number of hydrogen-bond acceptors (Lipinski definition) is 4. The number of aromatic nitrogens is 2. The summed E-state index contributed by atoms with van der Waals surface area (Å²) in [5, 5.41) is 14.6. The van der Waals surface area contributed by atoms with Crippen molar-refractivity contribution in [3.05, 3.63) is 138 Å². The Balaban J connectivity index is 1.38. The Morgan fingerprint density at radius 3 is 2.04 bits per heavy atom. The molecule has 6 aromatic carbocycles. The highest BCUT2D eigenvalue weighted by Gasteiger charge is 2.23. The average molecular weight is 667 g/mol. The molecule has 252 valence electrons. The van der Waals surface area contributed by atoms with Crippen LogP contribution in [0.25, 0.3) is 77.6 Å². The van der Waals surface area contributed by atoms with Crippen LogP contribution in [0.4, 0.5) is 0 Å². The van der Waals surface area contributed by atoms with E-state index >= 15 is 0 Å². The van der Waals surface area contributed by atoms with E-state index in [2.05, 4.69) is 139 Å². The average Bonchev–Trinajstić information content (AvgIpc) is 3.54. The SMILES string of the molecule is Cc1c(C(C)(C)C)cc(-c2cccc(-c3cc(-c4cccc5ccccc45)cc4oc(-c5cc(C(C)(C)C)ccc5O)nc34)c2)c2ncccc12. The lowest BCUT2D eigenvalue weighted by Gasteiger charge is -2.24. The Kier molecular flexibility index (Phi) is 7.61. The lowest BCUT2D eigenvalue weighted by molar-refractivity contribution is 0.473. The number of rotatable bonds is 4. The predicted molar refractivity (Wildman–Crippen MR) is 212 cm³/mol. The molecule has 0 aliphatic carbocycles. The normalized spacial score (nSPS) is 12.3. The first-order chi connectivity index (χ1) is 24.4. The molecule has 0 amide bonds. The second-order valence-electron chi connectivity index (χ2n) is 15.7. The van der Waals surface area contributed by atoms with Crippen LogP contribution in [0.5, 0.6) is 5.75 Å². The summed E-state index contributed by atoms with van der Waals surface area (Å²) in [7, 11) is 0. The molecule has 0 saturated carbocycles. The molecule has 2 aromatic heterocycles. The Hall–Kier alpha value is -5.74. The Labute approximate surface area is 299 Å². The van der Waals surface area contributed by atoms with Crippen molar-refractivity contribution in [2.75, 3.05) is 0 Å². The van der Waals surface area contributed by atoms with Crippen LogP contribution < -0.4 is 0 Å². The standard InChI is InChI=1S/C47H42N2O2/c1-28-34-19-12-22-48-43(34)38(27-40(28)47(5,6)7)31-16-10-15-30(23-31)37-24-32(36-18-11-14-29-13-8-9-17-35(29)36)25-42-44(37)49-45(51-42)39-26-33(46(2,3)4)20-21-41(39)50/h8-27,50H,1-7H3. The molecule has 51 heavy (non-hydrogen) atoms. The monoisotopic (exact) mass is 666 g/mol. The summed E-state index contributed by atoms with van der Waals surface area (Å²) in [6, 6.07) is 40.1. The molecule has 0 unspecified atom stereocenters. The van der Waals surface area contributed by atoms with Gasteiger partial charge in [0.05, 0.1) is 11.1 Å². The zero-order chi connectivity index (χ0) is 35.7. The Morgan fingerprint density at radius 1 is 0.569 bits per heavy atom. The highest BCUT2D eigenvalue weighted by atomic mass is 16.3. The van der Waals surface area contributed by atoms with Gasteiger partial charge in [-0.2, -0.15) is 0 Å². The minimum Gasteiger partial charge on any atom is -0.507 e. The minimum atomic E-state index is -0.108. The summed E-state index contributed by atoms with van der Waals surface area (Å²) in [5.74, 6) is 0.533. The molecule has 4 heteroatoms. The van der Waals surface area contributed by atoms with Crippen LogP contribution in [-0.2, 0) is 10.8 Å². The molecule has 1 N–H and O–H groups in total. The van der Waals surface area contributed by atoms with Gasteiger partial charge in [0.25, 0.3) is 0 Å². The van der Waals surface area contributed by atoms with Crippen molar-refractivity contribution >= 4 is 32.8 Å². The molecule has 0 radical (unpaired) electrons. The van der Waals surface area contributed by atoms with Crippen LogP contribution in [0.1, 0.15) is 58.2 Å². The smallest absolute Gasteiger partial charge is 0.231 e. The predicted octanol–water partition coefficient (Wildman–Crippen LogP) is 12.8. The number of aryl methyl sites for hydroxylation is 1. The number of phenolic OH excluding ortho intramolecular Hbond substituents is 1. The van der Waals surface area contributed by atoms with Crippen molar-refractivity contribution in [2.45, 2.75) is 59.3 Å². The lowest BCUT2D eigenvalue weighted by Crippen LogP contribution is -2.13. The molecule has 0 spiro atoms. The number of phenols is 1. The maximum absolute atomic E-state index is 11.1. The number of nitrogens with zero attached hydrogens (tertiary/aromatic N) is 2. The summed E-state index contributed by atoms with van der Waals surface area (Å²) < 4.78 is 6.60. The summed E-state index contributed by atoms with van der Waals surface area (Å²) in [6.07, 6.45) is 1.88. The van der Waals surface area contributed by atoms with E-state index in [0.717, 1.165) is 50.0 Å². The van der Waals surface area contributed by atoms with E-state index in [4.69, 9.17) is 14.4 Å². The number of oxazole rings is 1. The third-order valence-electron chi connectivity index (χ3n) is 10.1. The molecule has 0 aliphatic heterocycles. The van der Waals surface area contributed by atoms with Crippen LogP contribution in [0.3, 0.4) is 0 Å². The maximum atomic E-state index is 11.1. The number of hydrogen-bond donors (Lipinski definition) is 1. The van der Waals surface area contributed by atoms with Crippen molar-refractivity contribution < 1.29 is 9.52 Å². The van der Waals surface area contributed by atoms with Gasteiger partial charge < -0.3 is 9.52 Å². The molecule has 0 atom stereocenters. The van der Waals surface area contributed by atoms with Gasteiger partial charge in [0.2, 0.25) is 5.89 Å². The van der Waals surface area contributed by atoms with Gasteiger partial charge in [-0.3, -0.25) is 4.98 Å². The Morgan fingerprint density at radius 2 is 1.27 bits per heavy atom. The first kappa shape index (κ1) is 32.5. The van der Waals surface area contributed by atoms with Gasteiger partial charge in [-0.15, -0.1) is 0 Å². The number of benzene rings is 6. The van der Waals surface area contributed by atoms with Crippen molar-refractivity contribution in [3.63, 3.8) is 0 Å². The van der Waals surface area contributed by atoms with Gasteiger partial charge in [-0.25, -0.2) is 4.98 Å². The van der Waals surface area contributed by atoms with Gasteiger partial charge in [0.1, 0.15) is 11.3 Å². The van der Waals surface area contributed by atoms with Crippen LogP contribution >= 0.6 is 0 Å². The largest absolute Gasteiger partial charge is 0.507 e. The molecule has 0 saturated heterocycles. The third kappa shape index (κ3) is 5.75. The van der Waals surface area contributed by atoms with Gasteiger partial charge in [-0.05, 0) is 110 Å². The van der Waals surface area contributed by atoms with E-state index in [1.54, 1.807) is 6.07 Å². The summed E-state index contributed by atoms with van der Waals surface area (Å²) in [4.78, 5) is 10.0. The summed E-state index contributed by atoms with van der Waals surface area (Å²) in [5.41, 5.74) is 12.8. The molecule has 4 nitrogen and oxygen atoms in total. The molecule has 0 aliphatic rings. The van der Waals surface area contributed by atoms with E-state index < -0.39 is 0 Å². The van der Waals surface area contributed by atoms with E-state index in [1.165, 1.54) is 27.3 Å². The molecular weight excluding hydrogens is 625 g/mol. The summed E-state index contributed by atoms with van der Waals surface area (Å²) in [6.45, 7) is 15.5. The molecule has 0 bridgehead atoms. The fourth-order valence-electron chi connectivity index (χ4n) is 7.41. The zero-order valence-electron chi connectivity index (χ0n) is 30.3. The van der Waals surface area contributed by atoms with Crippen molar-refractivity contribution in [1.82, 2.24) is 9.97 Å². The Bertz CT molecular complexity index is 2630. The van der Waals surface area contributed by atoms with Crippen molar-refractivity contribution in [3.8, 4) is 50.6 Å². The summed E-state index contributed by atoms with van der Waals surface area (Å²) >= 11 is 0. The van der Waals surface area contributed by atoms with Crippen LogP contribution in [0.15, 0.2) is 126 Å². The van der Waals surface area contributed by atoms with E-state index in [0.29, 0.717) is 17.0 Å². The molecule has 2 heterocycles. The van der Waals surface area contributed by atoms with Crippen LogP contribution in [0, 0.1) is 6.92 Å². The van der Waals surface area contributed by atoms with E-state index in [9.17, 15) is 5.11 Å². The molecule has 8 rings (SSSR count). The fraction of sp³-hybridized carbons (Fsp3) is 0.191. The zero-order valence-corrected chi connectivity index (χ0v) is 30.3. The van der Waals surface area contributed by atoms with Crippen molar-refractivity contribution in [1.29, 1.82) is 0 Å². The lowest BCUT2D eigenvalue weighted by atomic mass is 9.80. The van der Waals surface area contributed by atoms with Gasteiger partial charge in [-0.1, -0.05) is 114 Å². The topological polar surface area (TPSA) is 59.2 Å². The van der Waals surface area contributed by atoms with Crippen LogP contribution in [-0.4, -0.2) is 15.1 Å². The first-order valence-corrected chi connectivity index (χ1v) is 17.6. The maximum Gasteiger partial charge on any atom is 0.231 e. The van der Waals surface area contributed by atoms with Gasteiger partial charge in [0.15, 0.2) is 5.58 Å². The number of aromatic hydroxyl groups is 1. The second-order valence-corrected chi connectivity index (χ2v) is 15.7. The van der Waals surface area contributed by atoms with Crippen LogP contribution in [0.2, 0.25) is 0 Å². The first-order valence-electron chi connectivity index (χ1n) is 17.6. The number of fused-ring (bicyclic) bond motifs is 3. The highest BCUT2D eigenvalue weighted by molar-refractivity contribution is 6.03. The minimum absolute atomic E-state index is 0.0353.